The SMILES string of the molecule is COCCNC(C(N)=O)C1CCCC1. The topological polar surface area (TPSA) is 64.3 Å². The highest BCUT2D eigenvalue weighted by atomic mass is 16.5. The minimum atomic E-state index is -0.229. The van der Waals surface area contributed by atoms with Crippen LogP contribution in [0.15, 0.2) is 0 Å². The van der Waals surface area contributed by atoms with E-state index in [0.29, 0.717) is 19.1 Å². The van der Waals surface area contributed by atoms with E-state index in [1.165, 1.54) is 12.8 Å². The molecule has 14 heavy (non-hydrogen) atoms. The molecule has 0 heterocycles. The van der Waals surface area contributed by atoms with Crippen molar-refractivity contribution in [2.45, 2.75) is 31.7 Å². The summed E-state index contributed by atoms with van der Waals surface area (Å²) in [4.78, 5) is 11.2. The Morgan fingerprint density at radius 3 is 2.71 bits per heavy atom. The fourth-order valence-corrected chi connectivity index (χ4v) is 2.11. The Balaban J connectivity index is 2.34. The zero-order valence-corrected chi connectivity index (χ0v) is 8.79. The van der Waals surface area contributed by atoms with Crippen molar-refractivity contribution < 1.29 is 9.53 Å². The largest absolute Gasteiger partial charge is 0.383 e. The van der Waals surface area contributed by atoms with Crippen molar-refractivity contribution in [1.82, 2.24) is 5.32 Å². The van der Waals surface area contributed by atoms with E-state index in [0.717, 1.165) is 12.8 Å². The smallest absolute Gasteiger partial charge is 0.234 e. The highest BCUT2D eigenvalue weighted by Crippen LogP contribution is 2.27. The Labute approximate surface area is 85.2 Å². The molecule has 0 aromatic rings. The van der Waals surface area contributed by atoms with Gasteiger partial charge in [0, 0.05) is 13.7 Å². The van der Waals surface area contributed by atoms with E-state index in [2.05, 4.69) is 5.32 Å². The number of carbonyl (C=O) groups is 1. The number of hydrogen-bond acceptors (Lipinski definition) is 3. The van der Waals surface area contributed by atoms with Gasteiger partial charge in [-0.2, -0.15) is 0 Å². The second-order valence-electron chi connectivity index (χ2n) is 3.87. The van der Waals surface area contributed by atoms with Gasteiger partial charge in [-0.15, -0.1) is 0 Å². The number of amides is 1. The quantitative estimate of drug-likeness (QED) is 0.605. The summed E-state index contributed by atoms with van der Waals surface area (Å²) in [6.07, 6.45) is 4.68. The number of methoxy groups -OCH3 is 1. The molecule has 1 amide bonds. The monoisotopic (exact) mass is 200 g/mol. The average molecular weight is 200 g/mol. The van der Waals surface area contributed by atoms with Crippen LogP contribution < -0.4 is 11.1 Å². The molecule has 1 aliphatic carbocycles. The summed E-state index contributed by atoms with van der Waals surface area (Å²) in [5, 5.41) is 3.16. The van der Waals surface area contributed by atoms with Crippen LogP contribution in [-0.4, -0.2) is 32.2 Å². The van der Waals surface area contributed by atoms with Gasteiger partial charge >= 0.3 is 0 Å². The molecular formula is C10H20N2O2. The third-order valence-electron chi connectivity index (χ3n) is 2.85. The standard InChI is InChI=1S/C10H20N2O2/c1-14-7-6-12-9(10(11)13)8-4-2-3-5-8/h8-9,12H,2-7H2,1H3,(H2,11,13). The molecule has 0 saturated heterocycles. The maximum absolute atomic E-state index is 11.2. The predicted octanol–water partition coefficient (Wildman–Crippen LogP) is 0.266. The van der Waals surface area contributed by atoms with Crippen molar-refractivity contribution in [3.05, 3.63) is 0 Å². The maximum Gasteiger partial charge on any atom is 0.234 e. The van der Waals surface area contributed by atoms with Crippen LogP contribution in [0.5, 0.6) is 0 Å². The van der Waals surface area contributed by atoms with Crippen LogP contribution in [0.4, 0.5) is 0 Å². The molecular weight excluding hydrogens is 180 g/mol. The minimum Gasteiger partial charge on any atom is -0.383 e. The molecule has 82 valence electrons. The third-order valence-corrected chi connectivity index (χ3v) is 2.85. The molecule has 1 aliphatic rings. The number of ether oxygens (including phenoxy) is 1. The molecule has 0 bridgehead atoms. The van der Waals surface area contributed by atoms with Crippen molar-refractivity contribution in [1.29, 1.82) is 0 Å². The molecule has 0 radical (unpaired) electrons. The van der Waals surface area contributed by atoms with E-state index in [4.69, 9.17) is 10.5 Å². The normalized spacial score (nSPS) is 19.8. The van der Waals surface area contributed by atoms with Gasteiger partial charge in [0.25, 0.3) is 0 Å². The van der Waals surface area contributed by atoms with Crippen molar-refractivity contribution in [3.63, 3.8) is 0 Å². The Bertz CT molecular complexity index is 179. The van der Waals surface area contributed by atoms with Gasteiger partial charge in [-0.3, -0.25) is 4.79 Å². The van der Waals surface area contributed by atoms with Gasteiger partial charge in [0.15, 0.2) is 0 Å². The molecule has 0 aromatic heterocycles. The summed E-state index contributed by atoms with van der Waals surface area (Å²) in [6.45, 7) is 1.32. The second kappa shape index (κ2) is 5.98. The van der Waals surface area contributed by atoms with E-state index in [1.807, 2.05) is 0 Å². The van der Waals surface area contributed by atoms with Crippen molar-refractivity contribution in [3.8, 4) is 0 Å². The lowest BCUT2D eigenvalue weighted by molar-refractivity contribution is -0.121. The molecule has 1 atom stereocenters. The number of nitrogens with one attached hydrogen (secondary N) is 1. The summed E-state index contributed by atoms with van der Waals surface area (Å²) in [6, 6.07) is -0.160. The number of primary amides is 1. The second-order valence-corrected chi connectivity index (χ2v) is 3.87. The Kier molecular flexibility index (Phi) is 4.90. The Hall–Kier alpha value is -0.610. The first-order chi connectivity index (χ1) is 6.75. The zero-order chi connectivity index (χ0) is 10.4. The lowest BCUT2D eigenvalue weighted by Gasteiger charge is -2.21. The number of rotatable bonds is 6. The van der Waals surface area contributed by atoms with Gasteiger partial charge in [0.2, 0.25) is 5.91 Å². The van der Waals surface area contributed by atoms with Crippen LogP contribution >= 0.6 is 0 Å². The fourth-order valence-electron chi connectivity index (χ4n) is 2.11. The predicted molar refractivity (Wildman–Crippen MR) is 54.8 cm³/mol. The molecule has 3 N–H and O–H groups in total. The minimum absolute atomic E-state index is 0.160. The van der Waals surface area contributed by atoms with Gasteiger partial charge in [0.05, 0.1) is 12.6 Å². The molecule has 1 saturated carbocycles. The van der Waals surface area contributed by atoms with E-state index in [9.17, 15) is 4.79 Å². The summed E-state index contributed by atoms with van der Waals surface area (Å²) in [5.74, 6) is 0.206. The van der Waals surface area contributed by atoms with Crippen LogP contribution in [0.3, 0.4) is 0 Å². The van der Waals surface area contributed by atoms with E-state index in [1.54, 1.807) is 7.11 Å². The number of nitrogens with two attached hydrogens (primary N) is 1. The summed E-state index contributed by atoms with van der Waals surface area (Å²) < 4.78 is 4.92. The molecule has 1 unspecified atom stereocenters. The van der Waals surface area contributed by atoms with Gasteiger partial charge in [0.1, 0.15) is 0 Å². The first-order valence-electron chi connectivity index (χ1n) is 5.27. The average Bonchev–Trinajstić information content (AvgIpc) is 2.64. The lowest BCUT2D eigenvalue weighted by atomic mass is 9.97. The molecule has 1 rings (SSSR count). The van der Waals surface area contributed by atoms with Crippen LogP contribution in [0, 0.1) is 5.92 Å². The van der Waals surface area contributed by atoms with Gasteiger partial charge in [-0.1, -0.05) is 12.8 Å². The van der Waals surface area contributed by atoms with Gasteiger partial charge < -0.3 is 15.8 Å². The highest BCUT2D eigenvalue weighted by Gasteiger charge is 2.28. The summed E-state index contributed by atoms with van der Waals surface area (Å²) >= 11 is 0. The molecule has 4 heteroatoms. The Morgan fingerprint density at radius 2 is 2.21 bits per heavy atom. The van der Waals surface area contributed by atoms with Crippen molar-refractivity contribution >= 4 is 5.91 Å². The van der Waals surface area contributed by atoms with E-state index < -0.39 is 0 Å². The van der Waals surface area contributed by atoms with E-state index >= 15 is 0 Å². The number of carbonyl (C=O) groups excluding carboxylic acids is 1. The van der Waals surface area contributed by atoms with Crippen LogP contribution in [0.2, 0.25) is 0 Å². The zero-order valence-electron chi connectivity index (χ0n) is 8.79. The van der Waals surface area contributed by atoms with Crippen LogP contribution in [0.1, 0.15) is 25.7 Å². The van der Waals surface area contributed by atoms with Gasteiger partial charge in [-0.25, -0.2) is 0 Å². The molecule has 0 aromatic carbocycles. The van der Waals surface area contributed by atoms with Crippen LogP contribution in [-0.2, 0) is 9.53 Å². The molecule has 0 spiro atoms. The fraction of sp³-hybridized carbons (Fsp3) is 0.900. The Morgan fingerprint density at radius 1 is 1.57 bits per heavy atom. The van der Waals surface area contributed by atoms with Crippen LogP contribution in [0.25, 0.3) is 0 Å². The maximum atomic E-state index is 11.2. The third kappa shape index (κ3) is 3.27. The summed E-state index contributed by atoms with van der Waals surface area (Å²) in [5.41, 5.74) is 5.36. The molecule has 4 nitrogen and oxygen atoms in total. The number of hydrogen-bond donors (Lipinski definition) is 2. The summed E-state index contributed by atoms with van der Waals surface area (Å²) in [7, 11) is 1.65. The van der Waals surface area contributed by atoms with E-state index in [-0.39, 0.29) is 11.9 Å². The first kappa shape index (κ1) is 11.5. The van der Waals surface area contributed by atoms with Crippen molar-refractivity contribution in [2.24, 2.45) is 11.7 Å². The lowest BCUT2D eigenvalue weighted by Crippen LogP contribution is -2.46. The first-order valence-corrected chi connectivity index (χ1v) is 5.27. The van der Waals surface area contributed by atoms with Gasteiger partial charge in [-0.05, 0) is 18.8 Å². The van der Waals surface area contributed by atoms with Crippen molar-refractivity contribution in [2.75, 3.05) is 20.3 Å². The molecule has 0 aliphatic heterocycles. The highest BCUT2D eigenvalue weighted by molar-refractivity contribution is 5.80. The molecule has 1 fully saturated rings.